The normalized spacial score (nSPS) is 22.6. The van der Waals surface area contributed by atoms with Crippen LogP contribution in [0.2, 0.25) is 0 Å². The van der Waals surface area contributed by atoms with Gasteiger partial charge in [-0.15, -0.1) is 0 Å². The molecule has 0 radical (unpaired) electrons. The lowest BCUT2D eigenvalue weighted by Gasteiger charge is -2.38. The Morgan fingerprint density at radius 2 is 2.11 bits per heavy atom. The number of benzene rings is 1. The molecule has 6 heteroatoms. The largest absolute Gasteiger partial charge is 0.294 e. The van der Waals surface area contributed by atoms with Gasteiger partial charge in [-0.1, -0.05) is 28.1 Å². The molecule has 1 saturated heterocycles. The summed E-state index contributed by atoms with van der Waals surface area (Å²) in [5.74, 6) is 0. The zero-order valence-corrected chi connectivity index (χ0v) is 13.6. The maximum Gasteiger partial charge on any atom is 0.211 e. The van der Waals surface area contributed by atoms with Crippen LogP contribution < -0.4 is 0 Å². The third kappa shape index (κ3) is 4.02. The summed E-state index contributed by atoms with van der Waals surface area (Å²) in [6.45, 7) is 4.87. The molecule has 0 bridgehead atoms. The molecule has 1 aliphatic rings. The fourth-order valence-electron chi connectivity index (χ4n) is 2.37. The van der Waals surface area contributed by atoms with E-state index in [-0.39, 0.29) is 6.04 Å². The van der Waals surface area contributed by atoms with E-state index >= 15 is 0 Å². The van der Waals surface area contributed by atoms with Crippen LogP contribution in [0.1, 0.15) is 12.5 Å². The summed E-state index contributed by atoms with van der Waals surface area (Å²) >= 11 is 3.47. The van der Waals surface area contributed by atoms with E-state index in [1.807, 2.05) is 12.1 Å². The number of hydrogen-bond acceptors (Lipinski definition) is 3. The third-order valence-electron chi connectivity index (χ3n) is 3.47. The maximum absolute atomic E-state index is 11.5. The topological polar surface area (TPSA) is 40.6 Å². The fraction of sp³-hybridized carbons (Fsp3) is 0.538. The van der Waals surface area contributed by atoms with Gasteiger partial charge in [-0.05, 0) is 24.6 Å². The fourth-order valence-corrected chi connectivity index (χ4v) is 3.71. The molecule has 0 N–H and O–H groups in total. The summed E-state index contributed by atoms with van der Waals surface area (Å²) < 4.78 is 25.7. The average Bonchev–Trinajstić information content (AvgIpc) is 2.30. The van der Waals surface area contributed by atoms with Gasteiger partial charge in [-0.3, -0.25) is 4.90 Å². The standard InChI is InChI=1S/C13H19BrN2O2S/c1-11-9-16(19(2,17)18)7-6-15(11)10-12-4-3-5-13(14)8-12/h3-5,8,11H,6-7,9-10H2,1-2H3/t11-/m0/s1. The molecule has 4 nitrogen and oxygen atoms in total. The summed E-state index contributed by atoms with van der Waals surface area (Å²) in [6.07, 6.45) is 1.28. The van der Waals surface area contributed by atoms with E-state index in [9.17, 15) is 8.42 Å². The Bertz CT molecular complexity index is 547. The van der Waals surface area contributed by atoms with Crippen LogP contribution >= 0.6 is 15.9 Å². The van der Waals surface area contributed by atoms with Crippen molar-refractivity contribution in [1.29, 1.82) is 0 Å². The third-order valence-corrected chi connectivity index (χ3v) is 5.23. The molecule has 1 heterocycles. The van der Waals surface area contributed by atoms with Crippen LogP contribution in [0.3, 0.4) is 0 Å². The predicted molar refractivity (Wildman–Crippen MR) is 80.4 cm³/mol. The van der Waals surface area contributed by atoms with Gasteiger partial charge in [0.25, 0.3) is 0 Å². The Morgan fingerprint density at radius 1 is 1.37 bits per heavy atom. The monoisotopic (exact) mass is 346 g/mol. The molecule has 0 saturated carbocycles. The highest BCUT2D eigenvalue weighted by molar-refractivity contribution is 9.10. The first-order chi connectivity index (χ1) is 8.86. The van der Waals surface area contributed by atoms with E-state index in [4.69, 9.17) is 0 Å². The lowest BCUT2D eigenvalue weighted by molar-refractivity contribution is 0.122. The molecule has 0 spiro atoms. The minimum atomic E-state index is -3.06. The first-order valence-corrected chi connectivity index (χ1v) is 8.94. The Morgan fingerprint density at radius 3 is 2.68 bits per heavy atom. The highest BCUT2D eigenvalue weighted by atomic mass is 79.9. The minimum absolute atomic E-state index is 0.238. The zero-order valence-electron chi connectivity index (χ0n) is 11.2. The number of hydrogen-bond donors (Lipinski definition) is 0. The molecule has 0 aliphatic carbocycles. The van der Waals surface area contributed by atoms with Crippen molar-refractivity contribution >= 4 is 26.0 Å². The first-order valence-electron chi connectivity index (χ1n) is 6.30. The van der Waals surface area contributed by atoms with E-state index in [0.717, 1.165) is 17.6 Å². The molecule has 106 valence electrons. The summed E-state index contributed by atoms with van der Waals surface area (Å²) in [6, 6.07) is 8.48. The second-order valence-corrected chi connectivity index (χ2v) is 7.97. The Labute approximate surface area is 123 Å². The molecular weight excluding hydrogens is 328 g/mol. The van der Waals surface area contributed by atoms with E-state index < -0.39 is 10.0 Å². The second-order valence-electron chi connectivity index (χ2n) is 5.07. The molecule has 19 heavy (non-hydrogen) atoms. The quantitative estimate of drug-likeness (QED) is 0.839. The van der Waals surface area contributed by atoms with E-state index in [1.165, 1.54) is 11.8 Å². The molecular formula is C13H19BrN2O2S. The van der Waals surface area contributed by atoms with Gasteiger partial charge in [0.05, 0.1) is 6.26 Å². The summed E-state index contributed by atoms with van der Waals surface area (Å²) in [7, 11) is -3.06. The Hall–Kier alpha value is -0.430. The highest BCUT2D eigenvalue weighted by Gasteiger charge is 2.28. The van der Waals surface area contributed by atoms with Gasteiger partial charge >= 0.3 is 0 Å². The van der Waals surface area contributed by atoms with Gasteiger partial charge in [-0.25, -0.2) is 8.42 Å². The molecule has 0 unspecified atom stereocenters. The van der Waals surface area contributed by atoms with Crippen LogP contribution in [-0.4, -0.2) is 49.6 Å². The molecule has 1 aromatic carbocycles. The number of piperazine rings is 1. The van der Waals surface area contributed by atoms with Crippen molar-refractivity contribution in [3.63, 3.8) is 0 Å². The lowest BCUT2D eigenvalue weighted by Crippen LogP contribution is -2.52. The van der Waals surface area contributed by atoms with Crippen LogP contribution in [0.25, 0.3) is 0 Å². The SMILES string of the molecule is C[C@H]1CN(S(C)(=O)=O)CCN1Cc1cccc(Br)c1. The van der Waals surface area contributed by atoms with Gasteiger partial charge in [0, 0.05) is 36.7 Å². The average molecular weight is 347 g/mol. The van der Waals surface area contributed by atoms with Gasteiger partial charge < -0.3 is 0 Å². The Kier molecular flexibility index (Phi) is 4.66. The van der Waals surface area contributed by atoms with Gasteiger partial charge in [0.2, 0.25) is 10.0 Å². The van der Waals surface area contributed by atoms with Crippen molar-refractivity contribution in [1.82, 2.24) is 9.21 Å². The van der Waals surface area contributed by atoms with Crippen molar-refractivity contribution < 1.29 is 8.42 Å². The Balaban J connectivity index is 2.01. The number of sulfonamides is 1. The minimum Gasteiger partial charge on any atom is -0.294 e. The van der Waals surface area contributed by atoms with Crippen LogP contribution in [0.15, 0.2) is 28.7 Å². The van der Waals surface area contributed by atoms with Crippen molar-refractivity contribution in [3.05, 3.63) is 34.3 Å². The van der Waals surface area contributed by atoms with E-state index in [2.05, 4.69) is 39.9 Å². The van der Waals surface area contributed by atoms with Crippen molar-refractivity contribution in [2.24, 2.45) is 0 Å². The predicted octanol–water partition coefficient (Wildman–Crippen LogP) is 1.91. The maximum atomic E-state index is 11.5. The lowest BCUT2D eigenvalue weighted by atomic mass is 10.1. The number of halogens is 1. The molecule has 1 aromatic rings. The van der Waals surface area contributed by atoms with Crippen molar-refractivity contribution in [3.8, 4) is 0 Å². The molecule has 1 aliphatic heterocycles. The zero-order chi connectivity index (χ0) is 14.0. The summed E-state index contributed by atoms with van der Waals surface area (Å²) in [5.41, 5.74) is 1.24. The molecule has 1 atom stereocenters. The molecule has 2 rings (SSSR count). The molecule has 0 aromatic heterocycles. The highest BCUT2D eigenvalue weighted by Crippen LogP contribution is 2.18. The molecule has 0 amide bonds. The van der Waals surface area contributed by atoms with Crippen molar-refractivity contribution in [2.75, 3.05) is 25.9 Å². The van der Waals surface area contributed by atoms with Gasteiger partial charge in [-0.2, -0.15) is 4.31 Å². The van der Waals surface area contributed by atoms with E-state index in [0.29, 0.717) is 13.1 Å². The van der Waals surface area contributed by atoms with Crippen LogP contribution in [0.5, 0.6) is 0 Å². The summed E-state index contributed by atoms with van der Waals surface area (Å²) in [4.78, 5) is 2.32. The van der Waals surface area contributed by atoms with Gasteiger partial charge in [0.1, 0.15) is 0 Å². The summed E-state index contributed by atoms with van der Waals surface area (Å²) in [5, 5.41) is 0. The molecule has 1 fully saturated rings. The van der Waals surface area contributed by atoms with Crippen LogP contribution in [-0.2, 0) is 16.6 Å². The van der Waals surface area contributed by atoms with Crippen molar-refractivity contribution in [2.45, 2.75) is 19.5 Å². The smallest absolute Gasteiger partial charge is 0.211 e. The second kappa shape index (κ2) is 5.91. The number of rotatable bonds is 3. The first kappa shape index (κ1) is 15.0. The van der Waals surface area contributed by atoms with E-state index in [1.54, 1.807) is 4.31 Å². The van der Waals surface area contributed by atoms with Crippen LogP contribution in [0.4, 0.5) is 0 Å². The van der Waals surface area contributed by atoms with Crippen LogP contribution in [0, 0.1) is 0 Å². The number of nitrogens with zero attached hydrogens (tertiary/aromatic N) is 2. The van der Waals surface area contributed by atoms with Gasteiger partial charge in [0.15, 0.2) is 0 Å².